The molecule has 0 aromatic heterocycles. The number of benzene rings is 2. The topological polar surface area (TPSA) is 84.9 Å². The van der Waals surface area contributed by atoms with Crippen LogP contribution in [-0.2, 0) is 14.8 Å². The SMILES string of the molecule is CCN(CC)S(=O)(=O)c1ccc(OC)c(NC(=O)COc2cccc(Br)c2)c1. The molecule has 2 rings (SSSR count). The van der Waals surface area contributed by atoms with E-state index in [-0.39, 0.29) is 17.2 Å². The number of hydrogen-bond donors (Lipinski definition) is 1. The van der Waals surface area contributed by atoms with Crippen LogP contribution in [0.15, 0.2) is 51.8 Å². The minimum Gasteiger partial charge on any atom is -0.495 e. The summed E-state index contributed by atoms with van der Waals surface area (Å²) < 4.78 is 38.3. The highest BCUT2D eigenvalue weighted by atomic mass is 79.9. The van der Waals surface area contributed by atoms with Gasteiger partial charge in [0.1, 0.15) is 11.5 Å². The van der Waals surface area contributed by atoms with Crippen LogP contribution in [0.2, 0.25) is 0 Å². The molecule has 9 heteroatoms. The van der Waals surface area contributed by atoms with Crippen molar-refractivity contribution in [3.05, 3.63) is 46.9 Å². The zero-order valence-corrected chi connectivity index (χ0v) is 18.3. The third kappa shape index (κ3) is 5.46. The van der Waals surface area contributed by atoms with Crippen molar-refractivity contribution in [1.29, 1.82) is 0 Å². The van der Waals surface area contributed by atoms with E-state index in [0.717, 1.165) is 4.47 Å². The number of nitrogens with one attached hydrogen (secondary N) is 1. The Kier molecular flexibility index (Phi) is 7.85. The molecule has 2 aromatic carbocycles. The summed E-state index contributed by atoms with van der Waals surface area (Å²) in [5.74, 6) is 0.458. The van der Waals surface area contributed by atoms with Crippen molar-refractivity contribution < 1.29 is 22.7 Å². The molecule has 0 aliphatic rings. The van der Waals surface area contributed by atoms with Gasteiger partial charge in [0, 0.05) is 17.6 Å². The minimum atomic E-state index is -3.65. The first-order valence-corrected chi connectivity index (χ1v) is 10.9. The quantitative estimate of drug-likeness (QED) is 0.605. The van der Waals surface area contributed by atoms with E-state index in [4.69, 9.17) is 9.47 Å². The smallest absolute Gasteiger partial charge is 0.262 e. The highest BCUT2D eigenvalue weighted by Crippen LogP contribution is 2.29. The van der Waals surface area contributed by atoms with Gasteiger partial charge in [-0.2, -0.15) is 4.31 Å². The Morgan fingerprint density at radius 1 is 1.14 bits per heavy atom. The number of amides is 1. The molecule has 0 saturated carbocycles. The number of sulfonamides is 1. The van der Waals surface area contributed by atoms with Crippen LogP contribution in [0.1, 0.15) is 13.8 Å². The van der Waals surface area contributed by atoms with Crippen LogP contribution in [0.25, 0.3) is 0 Å². The predicted octanol–water partition coefficient (Wildman–Crippen LogP) is 3.51. The average molecular weight is 471 g/mol. The first kappa shape index (κ1) is 22.2. The molecular weight excluding hydrogens is 448 g/mol. The second-order valence-electron chi connectivity index (χ2n) is 5.75. The van der Waals surface area contributed by atoms with Gasteiger partial charge in [0.25, 0.3) is 5.91 Å². The standard InChI is InChI=1S/C19H23BrN2O5S/c1-4-22(5-2)28(24,25)16-9-10-18(26-3)17(12-16)21-19(23)13-27-15-8-6-7-14(20)11-15/h6-12H,4-5,13H2,1-3H3,(H,21,23). The Morgan fingerprint density at radius 3 is 2.46 bits per heavy atom. The molecule has 7 nitrogen and oxygen atoms in total. The van der Waals surface area contributed by atoms with Gasteiger partial charge in [0.15, 0.2) is 6.61 Å². The second kappa shape index (κ2) is 9.90. The number of halogens is 1. The van der Waals surface area contributed by atoms with Gasteiger partial charge < -0.3 is 14.8 Å². The maximum atomic E-state index is 12.7. The van der Waals surface area contributed by atoms with E-state index < -0.39 is 15.9 Å². The van der Waals surface area contributed by atoms with Gasteiger partial charge >= 0.3 is 0 Å². The van der Waals surface area contributed by atoms with Crippen LogP contribution < -0.4 is 14.8 Å². The monoisotopic (exact) mass is 470 g/mol. The zero-order valence-electron chi connectivity index (χ0n) is 15.9. The van der Waals surface area contributed by atoms with Crippen molar-refractivity contribution in [3.8, 4) is 11.5 Å². The lowest BCUT2D eigenvalue weighted by molar-refractivity contribution is -0.118. The molecule has 1 amide bonds. The fourth-order valence-corrected chi connectivity index (χ4v) is 4.41. The summed E-state index contributed by atoms with van der Waals surface area (Å²) in [6.07, 6.45) is 0. The van der Waals surface area contributed by atoms with Crippen LogP contribution in [0.5, 0.6) is 11.5 Å². The first-order chi connectivity index (χ1) is 13.3. The molecule has 0 spiro atoms. The van der Waals surface area contributed by atoms with Gasteiger partial charge in [0.05, 0.1) is 17.7 Å². The summed E-state index contributed by atoms with van der Waals surface area (Å²) in [6.45, 7) is 4.02. The molecular formula is C19H23BrN2O5S. The van der Waals surface area contributed by atoms with Crippen molar-refractivity contribution in [3.63, 3.8) is 0 Å². The lowest BCUT2D eigenvalue weighted by atomic mass is 10.3. The summed E-state index contributed by atoms with van der Waals surface area (Å²) in [4.78, 5) is 12.4. The van der Waals surface area contributed by atoms with Crippen LogP contribution in [0.3, 0.4) is 0 Å². The summed E-state index contributed by atoms with van der Waals surface area (Å²) in [6, 6.07) is 11.5. The fraction of sp³-hybridized carbons (Fsp3) is 0.316. The van der Waals surface area contributed by atoms with E-state index in [1.54, 1.807) is 32.0 Å². The van der Waals surface area contributed by atoms with Crippen LogP contribution in [0.4, 0.5) is 5.69 Å². The molecule has 0 atom stereocenters. The Balaban J connectivity index is 2.18. The molecule has 1 N–H and O–H groups in total. The van der Waals surface area contributed by atoms with Crippen molar-refractivity contribution >= 4 is 37.5 Å². The number of hydrogen-bond acceptors (Lipinski definition) is 5. The van der Waals surface area contributed by atoms with Gasteiger partial charge in [0.2, 0.25) is 10.0 Å². The number of carbonyl (C=O) groups excluding carboxylic acids is 1. The van der Waals surface area contributed by atoms with Gasteiger partial charge in [-0.3, -0.25) is 4.79 Å². The third-order valence-electron chi connectivity index (χ3n) is 3.95. The molecule has 0 unspecified atom stereocenters. The number of rotatable bonds is 9. The minimum absolute atomic E-state index is 0.0835. The lowest BCUT2D eigenvalue weighted by Gasteiger charge is -2.19. The van der Waals surface area contributed by atoms with Crippen molar-refractivity contribution in [2.75, 3.05) is 32.1 Å². The number of carbonyl (C=O) groups is 1. The van der Waals surface area contributed by atoms with Gasteiger partial charge in [-0.1, -0.05) is 35.8 Å². The highest BCUT2D eigenvalue weighted by molar-refractivity contribution is 9.10. The van der Waals surface area contributed by atoms with E-state index >= 15 is 0 Å². The van der Waals surface area contributed by atoms with Crippen molar-refractivity contribution in [1.82, 2.24) is 4.31 Å². The maximum absolute atomic E-state index is 12.7. The largest absolute Gasteiger partial charge is 0.495 e. The first-order valence-electron chi connectivity index (χ1n) is 8.68. The van der Waals surface area contributed by atoms with Gasteiger partial charge in [-0.25, -0.2) is 8.42 Å². The number of nitrogens with zero attached hydrogens (tertiary/aromatic N) is 1. The highest BCUT2D eigenvalue weighted by Gasteiger charge is 2.23. The van der Waals surface area contributed by atoms with Gasteiger partial charge in [-0.15, -0.1) is 0 Å². The maximum Gasteiger partial charge on any atom is 0.262 e. The molecule has 0 fully saturated rings. The van der Waals surface area contributed by atoms with E-state index in [1.807, 2.05) is 6.07 Å². The van der Waals surface area contributed by atoms with Crippen LogP contribution in [0, 0.1) is 0 Å². The molecule has 0 aliphatic heterocycles. The summed E-state index contributed by atoms with van der Waals surface area (Å²) in [7, 11) is -2.21. The van der Waals surface area contributed by atoms with E-state index in [1.165, 1.54) is 29.6 Å². The molecule has 0 aliphatic carbocycles. The Labute approximate surface area is 173 Å². The Morgan fingerprint density at radius 2 is 1.86 bits per heavy atom. The Hall–Kier alpha value is -2.10. The fourth-order valence-electron chi connectivity index (χ4n) is 2.55. The molecule has 0 bridgehead atoms. The van der Waals surface area contributed by atoms with E-state index in [0.29, 0.717) is 24.6 Å². The molecule has 0 saturated heterocycles. The molecule has 0 radical (unpaired) electrons. The lowest BCUT2D eigenvalue weighted by Crippen LogP contribution is -2.30. The van der Waals surface area contributed by atoms with Crippen LogP contribution >= 0.6 is 15.9 Å². The Bertz CT molecular complexity index is 930. The second-order valence-corrected chi connectivity index (χ2v) is 8.60. The number of anilines is 1. The van der Waals surface area contributed by atoms with E-state index in [9.17, 15) is 13.2 Å². The van der Waals surface area contributed by atoms with E-state index in [2.05, 4.69) is 21.2 Å². The average Bonchev–Trinajstić information content (AvgIpc) is 2.67. The van der Waals surface area contributed by atoms with Crippen molar-refractivity contribution in [2.24, 2.45) is 0 Å². The molecule has 152 valence electrons. The van der Waals surface area contributed by atoms with Crippen molar-refractivity contribution in [2.45, 2.75) is 18.7 Å². The summed E-state index contributed by atoms with van der Waals surface area (Å²) in [5.41, 5.74) is 0.263. The predicted molar refractivity (Wildman–Crippen MR) is 111 cm³/mol. The molecule has 2 aromatic rings. The number of methoxy groups -OCH3 is 1. The summed E-state index contributed by atoms with van der Waals surface area (Å²) in [5, 5.41) is 2.65. The zero-order chi connectivity index (χ0) is 20.7. The van der Waals surface area contributed by atoms with Crippen LogP contribution in [-0.4, -0.2) is 45.4 Å². The normalized spacial score (nSPS) is 11.3. The molecule has 0 heterocycles. The molecule has 28 heavy (non-hydrogen) atoms. The van der Waals surface area contributed by atoms with Gasteiger partial charge in [-0.05, 0) is 36.4 Å². The third-order valence-corrected chi connectivity index (χ3v) is 6.49. The summed E-state index contributed by atoms with van der Waals surface area (Å²) >= 11 is 3.33. The number of ether oxygens (including phenoxy) is 2.